The molecule has 3 saturated heterocycles. The summed E-state index contributed by atoms with van der Waals surface area (Å²) in [7, 11) is 0. The van der Waals surface area contributed by atoms with Crippen LogP contribution in [0.4, 0.5) is 0 Å². The van der Waals surface area contributed by atoms with Crippen molar-refractivity contribution in [3.8, 4) is 0 Å². The summed E-state index contributed by atoms with van der Waals surface area (Å²) in [4.78, 5) is 26.2. The van der Waals surface area contributed by atoms with E-state index in [1.165, 1.54) is 0 Å². The maximum absolute atomic E-state index is 11.4. The number of carbonyl (C=O) groups excluding carboxylic acids is 2. The predicted octanol–water partition coefficient (Wildman–Crippen LogP) is -0.129. The van der Waals surface area contributed by atoms with Crippen LogP contribution < -0.4 is 0 Å². The molecule has 0 spiro atoms. The summed E-state index contributed by atoms with van der Waals surface area (Å²) in [6.45, 7) is 0.438. The Hall–Kier alpha value is -1.10. The number of hydrogen-bond acceptors (Lipinski definition) is 3. The summed E-state index contributed by atoms with van der Waals surface area (Å²) in [5, 5.41) is 0. The van der Waals surface area contributed by atoms with Crippen LogP contribution in [0.25, 0.3) is 0 Å². The fourth-order valence-corrected chi connectivity index (χ4v) is 2.38. The monoisotopic (exact) mass is 196 g/mol. The second-order valence-corrected chi connectivity index (χ2v) is 3.99. The number of hydrogen-bond donors (Lipinski definition) is 0. The van der Waals surface area contributed by atoms with Gasteiger partial charge < -0.3 is 4.74 Å². The largest absolute Gasteiger partial charge is 0.335 e. The van der Waals surface area contributed by atoms with Crippen LogP contribution in [-0.2, 0) is 14.3 Å². The molecule has 0 aliphatic carbocycles. The first-order valence-corrected chi connectivity index (χ1v) is 5.00. The number of carbonyl (C=O) groups is 2. The number of nitrogens with zero attached hydrogens (tertiary/aromatic N) is 2. The van der Waals surface area contributed by atoms with Crippen LogP contribution in [0, 0.1) is 0 Å². The molecule has 5 nitrogen and oxygen atoms in total. The molecule has 2 amide bonds. The molecule has 3 aliphatic heterocycles. The minimum Gasteiger partial charge on any atom is -0.335 e. The molecule has 0 unspecified atom stereocenters. The van der Waals surface area contributed by atoms with Crippen LogP contribution in [0.5, 0.6) is 0 Å². The summed E-state index contributed by atoms with van der Waals surface area (Å²) in [6.07, 6.45) is 2.51. The number of rotatable bonds is 0. The minimum absolute atomic E-state index is 0.0744. The lowest BCUT2D eigenvalue weighted by Crippen LogP contribution is -2.54. The molecule has 3 rings (SSSR count). The van der Waals surface area contributed by atoms with Crippen molar-refractivity contribution in [2.45, 2.75) is 38.1 Å². The number of fused-ring (bicyclic) bond motifs is 2. The molecule has 0 aromatic carbocycles. The average molecular weight is 196 g/mol. The first-order valence-electron chi connectivity index (χ1n) is 5.00. The third-order valence-corrected chi connectivity index (χ3v) is 3.17. The molecule has 0 radical (unpaired) electrons. The lowest BCUT2D eigenvalue weighted by Gasteiger charge is -2.39. The van der Waals surface area contributed by atoms with Gasteiger partial charge in [0.1, 0.15) is 19.1 Å². The van der Waals surface area contributed by atoms with Gasteiger partial charge in [0.25, 0.3) is 0 Å². The molecular formula is C9H12N2O3. The van der Waals surface area contributed by atoms with Crippen LogP contribution >= 0.6 is 0 Å². The maximum atomic E-state index is 11.4. The van der Waals surface area contributed by atoms with Crippen molar-refractivity contribution >= 4 is 11.8 Å². The Morgan fingerprint density at radius 1 is 1.00 bits per heavy atom. The lowest BCUT2D eigenvalue weighted by molar-refractivity contribution is -0.199. The Morgan fingerprint density at radius 3 is 2.00 bits per heavy atom. The van der Waals surface area contributed by atoms with Crippen molar-refractivity contribution in [1.29, 1.82) is 0 Å². The van der Waals surface area contributed by atoms with Gasteiger partial charge in [0.05, 0.1) is 0 Å². The molecule has 5 heteroatoms. The highest BCUT2D eigenvalue weighted by Gasteiger charge is 2.44. The van der Waals surface area contributed by atoms with Gasteiger partial charge in [0.15, 0.2) is 0 Å². The molecule has 3 fully saturated rings. The maximum Gasteiger partial charge on any atom is 0.226 e. The molecule has 0 bridgehead atoms. The van der Waals surface area contributed by atoms with Gasteiger partial charge in [-0.2, -0.15) is 0 Å². The number of ether oxygens (including phenoxy) is 1. The van der Waals surface area contributed by atoms with E-state index < -0.39 is 0 Å². The molecule has 3 aliphatic rings. The molecule has 0 N–H and O–H groups in total. The SMILES string of the molecule is O=C1CC[C@@H]2O[C@H]3CCC(=O)N3CN12. The Kier molecular flexibility index (Phi) is 1.58. The van der Waals surface area contributed by atoms with Crippen molar-refractivity contribution < 1.29 is 14.3 Å². The molecule has 3 heterocycles. The molecule has 14 heavy (non-hydrogen) atoms. The van der Waals surface area contributed by atoms with Crippen LogP contribution in [-0.4, -0.2) is 40.7 Å². The van der Waals surface area contributed by atoms with Gasteiger partial charge >= 0.3 is 0 Å². The highest BCUT2D eigenvalue weighted by Crippen LogP contribution is 2.32. The van der Waals surface area contributed by atoms with Gasteiger partial charge in [-0.15, -0.1) is 0 Å². The zero-order valence-electron chi connectivity index (χ0n) is 7.81. The van der Waals surface area contributed by atoms with E-state index in [-0.39, 0.29) is 24.3 Å². The minimum atomic E-state index is -0.0744. The zero-order valence-corrected chi connectivity index (χ0v) is 7.81. The normalized spacial score (nSPS) is 36.3. The van der Waals surface area contributed by atoms with E-state index in [9.17, 15) is 9.59 Å². The van der Waals surface area contributed by atoms with E-state index >= 15 is 0 Å². The highest BCUT2D eigenvalue weighted by molar-refractivity contribution is 5.81. The van der Waals surface area contributed by atoms with E-state index in [0.717, 1.165) is 12.8 Å². The zero-order chi connectivity index (χ0) is 9.71. The van der Waals surface area contributed by atoms with Gasteiger partial charge in [-0.3, -0.25) is 19.4 Å². The third-order valence-electron chi connectivity index (χ3n) is 3.17. The molecule has 2 atom stereocenters. The molecular weight excluding hydrogens is 184 g/mol. The Balaban J connectivity index is 1.83. The van der Waals surface area contributed by atoms with E-state index in [2.05, 4.69) is 0 Å². The molecule has 0 aromatic rings. The van der Waals surface area contributed by atoms with Crippen LogP contribution in [0.2, 0.25) is 0 Å². The lowest BCUT2D eigenvalue weighted by atomic mass is 10.3. The summed E-state index contributed by atoms with van der Waals surface area (Å²) in [5.74, 6) is 0.210. The average Bonchev–Trinajstić information content (AvgIpc) is 2.71. The van der Waals surface area contributed by atoms with Crippen molar-refractivity contribution in [2.75, 3.05) is 6.67 Å². The van der Waals surface area contributed by atoms with E-state index in [4.69, 9.17) is 4.74 Å². The Morgan fingerprint density at radius 2 is 1.50 bits per heavy atom. The Bertz CT molecular complexity index is 276. The second kappa shape index (κ2) is 2.70. The highest BCUT2D eigenvalue weighted by atomic mass is 16.5. The van der Waals surface area contributed by atoms with E-state index in [1.807, 2.05) is 0 Å². The first-order chi connectivity index (χ1) is 6.75. The smallest absolute Gasteiger partial charge is 0.226 e. The Labute approximate surface area is 81.6 Å². The van der Waals surface area contributed by atoms with Gasteiger partial charge in [-0.25, -0.2) is 0 Å². The van der Waals surface area contributed by atoms with Gasteiger partial charge in [0.2, 0.25) is 11.8 Å². The summed E-state index contributed by atoms with van der Waals surface area (Å²) >= 11 is 0. The fourth-order valence-electron chi connectivity index (χ4n) is 2.38. The molecule has 0 saturated carbocycles. The number of amides is 2. The third kappa shape index (κ3) is 0.987. The van der Waals surface area contributed by atoms with Crippen molar-refractivity contribution in [3.63, 3.8) is 0 Å². The summed E-state index contributed by atoms with van der Waals surface area (Å²) in [6, 6.07) is 0. The van der Waals surface area contributed by atoms with Gasteiger partial charge in [-0.05, 0) is 0 Å². The summed E-state index contributed by atoms with van der Waals surface area (Å²) < 4.78 is 5.69. The standard InChI is InChI=1S/C9H12N2O3/c12-6-1-3-8-10(6)5-11-7(13)2-4-9(11)14-8/h8-9H,1-5H2/t8-,9-/m0/s1. The molecule has 76 valence electrons. The van der Waals surface area contributed by atoms with E-state index in [1.54, 1.807) is 9.80 Å². The quantitative estimate of drug-likeness (QED) is 0.542. The van der Waals surface area contributed by atoms with Crippen molar-refractivity contribution in [3.05, 3.63) is 0 Å². The molecule has 0 aromatic heterocycles. The summed E-state index contributed by atoms with van der Waals surface area (Å²) in [5.41, 5.74) is 0. The van der Waals surface area contributed by atoms with Crippen LogP contribution in [0.15, 0.2) is 0 Å². The van der Waals surface area contributed by atoms with Gasteiger partial charge in [-0.1, -0.05) is 0 Å². The second-order valence-electron chi connectivity index (χ2n) is 3.99. The fraction of sp³-hybridized carbons (Fsp3) is 0.778. The van der Waals surface area contributed by atoms with Crippen molar-refractivity contribution in [1.82, 2.24) is 9.80 Å². The topological polar surface area (TPSA) is 49.9 Å². The predicted molar refractivity (Wildman–Crippen MR) is 45.7 cm³/mol. The van der Waals surface area contributed by atoms with Crippen LogP contribution in [0.3, 0.4) is 0 Å². The van der Waals surface area contributed by atoms with Crippen molar-refractivity contribution in [2.24, 2.45) is 0 Å². The first kappa shape index (κ1) is 8.23. The van der Waals surface area contributed by atoms with Crippen LogP contribution in [0.1, 0.15) is 25.7 Å². The van der Waals surface area contributed by atoms with Gasteiger partial charge in [0, 0.05) is 25.7 Å². The van der Waals surface area contributed by atoms with E-state index in [0.29, 0.717) is 19.5 Å².